The highest BCUT2D eigenvalue weighted by molar-refractivity contribution is 7.89. The summed E-state index contributed by atoms with van der Waals surface area (Å²) in [6.45, 7) is 3.74. The lowest BCUT2D eigenvalue weighted by Crippen LogP contribution is -2.45. The molecular weight excluding hydrogens is 352 g/mol. The summed E-state index contributed by atoms with van der Waals surface area (Å²) < 4.78 is 29.9. The molecule has 0 bridgehead atoms. The third-order valence-electron chi connectivity index (χ3n) is 4.88. The highest BCUT2D eigenvalue weighted by Crippen LogP contribution is 2.20. The van der Waals surface area contributed by atoms with Crippen molar-refractivity contribution < 1.29 is 13.5 Å². The minimum absolute atomic E-state index is 0.123. The Bertz CT molecular complexity index is 821. The number of aliphatic hydroxyl groups is 1. The van der Waals surface area contributed by atoms with Crippen molar-refractivity contribution >= 4 is 10.0 Å². The van der Waals surface area contributed by atoms with E-state index in [9.17, 15) is 13.5 Å². The molecule has 3 rings (SSSR count). The van der Waals surface area contributed by atoms with Crippen LogP contribution in [0.1, 0.15) is 24.8 Å². The zero-order valence-corrected chi connectivity index (χ0v) is 15.8. The molecule has 1 atom stereocenters. The van der Waals surface area contributed by atoms with Gasteiger partial charge in [-0.1, -0.05) is 12.5 Å². The number of hydrogen-bond donors (Lipinski definition) is 2. The Morgan fingerprint density at radius 2 is 2.19 bits per heavy atom. The van der Waals surface area contributed by atoms with Crippen LogP contribution in [0.2, 0.25) is 0 Å². The normalized spacial score (nSPS) is 18.9. The molecule has 0 amide bonds. The van der Waals surface area contributed by atoms with E-state index in [4.69, 9.17) is 0 Å². The van der Waals surface area contributed by atoms with Gasteiger partial charge in [0, 0.05) is 31.5 Å². The zero-order chi connectivity index (χ0) is 18.6. The minimum atomic E-state index is -3.61. The number of hydrogen-bond acceptors (Lipinski definition) is 5. The summed E-state index contributed by atoms with van der Waals surface area (Å²) in [4.78, 5) is 2.43. The highest BCUT2D eigenvalue weighted by atomic mass is 32.2. The predicted molar refractivity (Wildman–Crippen MR) is 99.8 cm³/mol. The molecule has 0 aliphatic carbocycles. The Balaban J connectivity index is 1.69. The molecular formula is C18H26N4O3S. The first kappa shape index (κ1) is 19.0. The fourth-order valence-electron chi connectivity index (χ4n) is 3.40. The average Bonchev–Trinajstić information content (AvgIpc) is 3.17. The lowest BCUT2D eigenvalue weighted by molar-refractivity contribution is 0.0923. The van der Waals surface area contributed by atoms with Gasteiger partial charge in [0.15, 0.2) is 0 Å². The van der Waals surface area contributed by atoms with Crippen molar-refractivity contribution in [3.8, 4) is 5.69 Å². The van der Waals surface area contributed by atoms with Crippen LogP contribution in [-0.4, -0.2) is 60.5 Å². The Hall–Kier alpha value is -1.74. The molecule has 0 radical (unpaired) electrons. The van der Waals surface area contributed by atoms with Crippen LogP contribution in [-0.2, 0) is 10.0 Å². The maximum Gasteiger partial charge on any atom is 0.240 e. The number of likely N-dealkylation sites (tertiary alicyclic amines) is 1. The summed E-state index contributed by atoms with van der Waals surface area (Å²) in [7, 11) is -3.61. The molecule has 1 aliphatic heterocycles. The second kappa shape index (κ2) is 8.30. The van der Waals surface area contributed by atoms with Gasteiger partial charge >= 0.3 is 0 Å². The topological polar surface area (TPSA) is 87.5 Å². The van der Waals surface area contributed by atoms with Crippen molar-refractivity contribution in [2.75, 3.05) is 26.2 Å². The van der Waals surface area contributed by atoms with Crippen LogP contribution >= 0.6 is 0 Å². The number of nitrogens with one attached hydrogen (secondary N) is 1. The van der Waals surface area contributed by atoms with Gasteiger partial charge in [-0.3, -0.25) is 4.90 Å². The first-order chi connectivity index (χ1) is 12.5. The van der Waals surface area contributed by atoms with E-state index in [1.807, 2.05) is 6.07 Å². The highest BCUT2D eigenvalue weighted by Gasteiger charge is 2.23. The Kier molecular flexibility index (Phi) is 6.08. The third-order valence-corrected chi connectivity index (χ3v) is 6.48. The van der Waals surface area contributed by atoms with E-state index in [-0.39, 0.29) is 17.5 Å². The fraction of sp³-hybridized carbons (Fsp3) is 0.500. The molecule has 1 aromatic heterocycles. The number of aliphatic hydroxyl groups excluding tert-OH is 1. The van der Waals surface area contributed by atoms with Gasteiger partial charge < -0.3 is 5.11 Å². The summed E-state index contributed by atoms with van der Waals surface area (Å²) in [5.74, 6) is 0. The van der Waals surface area contributed by atoms with Gasteiger partial charge in [0.2, 0.25) is 10.0 Å². The number of aryl methyl sites for hydroxylation is 1. The molecule has 1 unspecified atom stereocenters. The summed E-state index contributed by atoms with van der Waals surface area (Å²) in [6, 6.07) is 7.21. The van der Waals surface area contributed by atoms with Gasteiger partial charge in [0.1, 0.15) is 0 Å². The smallest absolute Gasteiger partial charge is 0.240 e. The van der Waals surface area contributed by atoms with Gasteiger partial charge in [-0.2, -0.15) is 5.10 Å². The SMILES string of the molecule is Cc1ccc(-n2cccn2)cc1S(=O)(=O)NCCN1CCCCC1CO. The van der Waals surface area contributed by atoms with Crippen molar-refractivity contribution in [2.45, 2.75) is 37.1 Å². The summed E-state index contributed by atoms with van der Waals surface area (Å²) in [5.41, 5.74) is 1.40. The molecule has 7 nitrogen and oxygen atoms in total. The second-order valence-electron chi connectivity index (χ2n) is 6.67. The molecule has 8 heteroatoms. The van der Waals surface area contributed by atoms with Gasteiger partial charge in [0.05, 0.1) is 17.2 Å². The summed E-state index contributed by atoms with van der Waals surface area (Å²) in [6.07, 6.45) is 6.61. The number of rotatable bonds is 7. The number of aromatic nitrogens is 2. The molecule has 2 heterocycles. The van der Waals surface area contributed by atoms with E-state index in [0.29, 0.717) is 24.3 Å². The number of benzene rings is 1. The first-order valence-corrected chi connectivity index (χ1v) is 10.4. The van der Waals surface area contributed by atoms with Crippen LogP contribution in [0.4, 0.5) is 0 Å². The molecule has 2 N–H and O–H groups in total. The molecule has 1 fully saturated rings. The first-order valence-electron chi connectivity index (χ1n) is 8.96. The van der Waals surface area contributed by atoms with Crippen LogP contribution in [0.5, 0.6) is 0 Å². The molecule has 26 heavy (non-hydrogen) atoms. The Morgan fingerprint density at radius 1 is 1.35 bits per heavy atom. The molecule has 1 aliphatic rings. The second-order valence-corrected chi connectivity index (χ2v) is 8.40. The van der Waals surface area contributed by atoms with Crippen LogP contribution in [0.25, 0.3) is 5.69 Å². The fourth-order valence-corrected chi connectivity index (χ4v) is 4.69. The van der Waals surface area contributed by atoms with E-state index < -0.39 is 10.0 Å². The Labute approximate surface area is 154 Å². The van der Waals surface area contributed by atoms with Gasteiger partial charge in [-0.25, -0.2) is 17.8 Å². The van der Waals surface area contributed by atoms with Gasteiger partial charge in [-0.15, -0.1) is 0 Å². The number of sulfonamides is 1. The Morgan fingerprint density at radius 3 is 2.92 bits per heavy atom. The van der Waals surface area contributed by atoms with Gasteiger partial charge in [-0.05, 0) is 50.1 Å². The van der Waals surface area contributed by atoms with Gasteiger partial charge in [0.25, 0.3) is 0 Å². The van der Waals surface area contributed by atoms with E-state index in [2.05, 4.69) is 14.7 Å². The van der Waals surface area contributed by atoms with Crippen LogP contribution in [0.3, 0.4) is 0 Å². The zero-order valence-electron chi connectivity index (χ0n) is 15.0. The molecule has 142 valence electrons. The lowest BCUT2D eigenvalue weighted by atomic mass is 10.0. The quantitative estimate of drug-likeness (QED) is 0.758. The number of nitrogens with zero attached hydrogens (tertiary/aromatic N) is 3. The maximum atomic E-state index is 12.8. The van der Waals surface area contributed by atoms with Crippen molar-refractivity contribution in [1.82, 2.24) is 19.4 Å². The third kappa shape index (κ3) is 4.32. The largest absolute Gasteiger partial charge is 0.395 e. The molecule has 2 aromatic rings. The van der Waals surface area contributed by atoms with E-state index in [1.165, 1.54) is 0 Å². The number of piperidine rings is 1. The van der Waals surface area contributed by atoms with Crippen molar-refractivity contribution in [1.29, 1.82) is 0 Å². The predicted octanol–water partition coefficient (Wildman–Crippen LogP) is 1.31. The summed E-state index contributed by atoms with van der Waals surface area (Å²) in [5, 5.41) is 13.6. The average molecular weight is 378 g/mol. The van der Waals surface area contributed by atoms with Crippen LogP contribution in [0, 0.1) is 6.92 Å². The molecule has 1 aromatic carbocycles. The maximum absolute atomic E-state index is 12.8. The molecule has 0 saturated carbocycles. The van der Waals surface area contributed by atoms with Crippen molar-refractivity contribution in [3.63, 3.8) is 0 Å². The van der Waals surface area contributed by atoms with E-state index >= 15 is 0 Å². The van der Waals surface area contributed by atoms with Crippen LogP contribution in [0.15, 0.2) is 41.6 Å². The van der Waals surface area contributed by atoms with E-state index in [0.717, 1.165) is 25.8 Å². The molecule has 1 saturated heterocycles. The van der Waals surface area contributed by atoms with Crippen LogP contribution < -0.4 is 4.72 Å². The van der Waals surface area contributed by atoms with E-state index in [1.54, 1.807) is 42.2 Å². The van der Waals surface area contributed by atoms with Crippen molar-refractivity contribution in [2.24, 2.45) is 0 Å². The van der Waals surface area contributed by atoms with Crippen molar-refractivity contribution in [3.05, 3.63) is 42.2 Å². The standard InChI is InChI=1S/C18H26N4O3S/c1-15-6-7-16(22-11-4-8-19-22)13-18(15)26(24,25)20-9-12-21-10-3-2-5-17(21)14-23/h4,6-8,11,13,17,20,23H,2-3,5,9-10,12,14H2,1H3. The summed E-state index contributed by atoms with van der Waals surface area (Å²) >= 11 is 0. The lowest BCUT2D eigenvalue weighted by Gasteiger charge is -2.34. The monoisotopic (exact) mass is 378 g/mol. The minimum Gasteiger partial charge on any atom is -0.395 e. The molecule has 0 spiro atoms.